The molecule has 0 radical (unpaired) electrons. The summed E-state index contributed by atoms with van der Waals surface area (Å²) in [6.07, 6.45) is 3.48. The van der Waals surface area contributed by atoms with Crippen molar-refractivity contribution in [3.8, 4) is 11.3 Å². The monoisotopic (exact) mass is 418 g/mol. The lowest BCUT2D eigenvalue weighted by Crippen LogP contribution is -2.13. The Hall–Kier alpha value is -3.44. The van der Waals surface area contributed by atoms with Crippen molar-refractivity contribution in [1.29, 1.82) is 5.41 Å². The van der Waals surface area contributed by atoms with E-state index < -0.39 is 0 Å². The predicted molar refractivity (Wildman–Crippen MR) is 123 cm³/mol. The molecular formula is C24H23ClN4O. The van der Waals surface area contributed by atoms with Gasteiger partial charge in [0.15, 0.2) is 0 Å². The van der Waals surface area contributed by atoms with Gasteiger partial charge in [0.2, 0.25) is 0 Å². The number of carbonyl (C=O) groups excluding carboxylic acids is 1. The summed E-state index contributed by atoms with van der Waals surface area (Å²) in [6.45, 7) is 4.28. The van der Waals surface area contributed by atoms with Gasteiger partial charge in [-0.2, -0.15) is 0 Å². The van der Waals surface area contributed by atoms with Crippen molar-refractivity contribution in [2.45, 2.75) is 20.4 Å². The largest absolute Gasteiger partial charge is 0.384 e. The van der Waals surface area contributed by atoms with E-state index in [1.165, 1.54) is 0 Å². The molecular weight excluding hydrogens is 396 g/mol. The zero-order valence-corrected chi connectivity index (χ0v) is 17.6. The maximum absolute atomic E-state index is 12.6. The van der Waals surface area contributed by atoms with Gasteiger partial charge in [0.05, 0.1) is 10.7 Å². The Morgan fingerprint density at radius 2 is 1.87 bits per heavy atom. The molecule has 6 heteroatoms. The Kier molecular flexibility index (Phi) is 6.99. The van der Waals surface area contributed by atoms with Crippen molar-refractivity contribution in [3.05, 3.63) is 94.8 Å². The number of aromatic nitrogens is 1. The maximum Gasteiger partial charge on any atom is 0.255 e. The molecule has 0 fully saturated rings. The van der Waals surface area contributed by atoms with Crippen molar-refractivity contribution in [1.82, 2.24) is 10.3 Å². The fraction of sp³-hybridized carbons (Fsp3) is 0.125. The number of nitrogens with one attached hydrogen (secondary N) is 3. The quantitative estimate of drug-likeness (QED) is 0.431. The SMILES string of the molecule is CC(=N)/C=C(/C)NCc1ccc(C(=O)Nc2ccc(Cl)c(-c3ccccn3)c2)cc1. The van der Waals surface area contributed by atoms with Gasteiger partial charge in [-0.25, -0.2) is 0 Å². The van der Waals surface area contributed by atoms with Crippen molar-refractivity contribution in [3.63, 3.8) is 0 Å². The molecule has 1 aromatic heterocycles. The van der Waals surface area contributed by atoms with Crippen LogP contribution in [0.1, 0.15) is 29.8 Å². The van der Waals surface area contributed by atoms with Crippen LogP contribution < -0.4 is 10.6 Å². The summed E-state index contributed by atoms with van der Waals surface area (Å²) in [7, 11) is 0. The second-order valence-corrected chi connectivity index (χ2v) is 7.33. The lowest BCUT2D eigenvalue weighted by atomic mass is 10.1. The number of allylic oxidation sites excluding steroid dienone is 2. The molecule has 1 amide bonds. The molecule has 5 nitrogen and oxygen atoms in total. The van der Waals surface area contributed by atoms with Crippen LogP contribution in [0.15, 0.2) is 78.6 Å². The van der Waals surface area contributed by atoms with Crippen molar-refractivity contribution in [2.24, 2.45) is 0 Å². The van der Waals surface area contributed by atoms with Crippen LogP contribution in [-0.2, 0) is 6.54 Å². The third-order valence-corrected chi connectivity index (χ3v) is 4.72. The Morgan fingerprint density at radius 1 is 1.10 bits per heavy atom. The van der Waals surface area contributed by atoms with E-state index in [0.717, 1.165) is 22.5 Å². The second kappa shape index (κ2) is 9.85. The molecule has 0 saturated heterocycles. The number of halogens is 1. The van der Waals surface area contributed by atoms with E-state index in [9.17, 15) is 4.79 Å². The van der Waals surface area contributed by atoms with E-state index in [0.29, 0.717) is 28.5 Å². The summed E-state index contributed by atoms with van der Waals surface area (Å²) in [5.41, 5.74) is 5.20. The van der Waals surface area contributed by atoms with Crippen LogP contribution in [0, 0.1) is 5.41 Å². The number of hydrogen-bond acceptors (Lipinski definition) is 4. The molecule has 0 atom stereocenters. The van der Waals surface area contributed by atoms with Crippen molar-refractivity contribution < 1.29 is 4.79 Å². The first-order valence-corrected chi connectivity index (χ1v) is 9.89. The van der Waals surface area contributed by atoms with Crippen molar-refractivity contribution in [2.75, 3.05) is 5.32 Å². The smallest absolute Gasteiger partial charge is 0.255 e. The van der Waals surface area contributed by atoms with Crippen LogP contribution in [0.25, 0.3) is 11.3 Å². The van der Waals surface area contributed by atoms with Crippen molar-refractivity contribution >= 4 is 28.9 Å². The van der Waals surface area contributed by atoms with Crippen LogP contribution in [0.5, 0.6) is 0 Å². The number of benzene rings is 2. The summed E-state index contributed by atoms with van der Waals surface area (Å²) in [5.74, 6) is -0.195. The number of rotatable bonds is 7. The van der Waals surface area contributed by atoms with E-state index in [-0.39, 0.29) is 5.91 Å². The molecule has 3 N–H and O–H groups in total. The minimum atomic E-state index is -0.195. The molecule has 0 aliphatic rings. The molecule has 0 bridgehead atoms. The average molecular weight is 419 g/mol. The predicted octanol–water partition coefficient (Wildman–Crippen LogP) is 5.69. The van der Waals surface area contributed by atoms with E-state index in [1.54, 1.807) is 43.5 Å². The Balaban J connectivity index is 1.67. The molecule has 0 saturated carbocycles. The fourth-order valence-electron chi connectivity index (χ4n) is 2.92. The number of nitrogens with zero attached hydrogens (tertiary/aromatic N) is 1. The molecule has 1 heterocycles. The third kappa shape index (κ3) is 5.78. The first kappa shape index (κ1) is 21.3. The van der Waals surface area contributed by atoms with Crippen LogP contribution in [0.4, 0.5) is 5.69 Å². The number of hydrogen-bond donors (Lipinski definition) is 3. The maximum atomic E-state index is 12.6. The zero-order valence-electron chi connectivity index (χ0n) is 16.9. The average Bonchev–Trinajstić information content (AvgIpc) is 2.74. The molecule has 0 unspecified atom stereocenters. The van der Waals surface area contributed by atoms with E-state index in [4.69, 9.17) is 17.0 Å². The molecule has 30 heavy (non-hydrogen) atoms. The summed E-state index contributed by atoms with van der Waals surface area (Å²) >= 11 is 6.31. The van der Waals surface area contributed by atoms with Gasteiger partial charge >= 0.3 is 0 Å². The third-order valence-electron chi connectivity index (χ3n) is 4.39. The fourth-order valence-corrected chi connectivity index (χ4v) is 3.13. The van der Waals surface area contributed by atoms with Gasteiger partial charge in [-0.1, -0.05) is 29.8 Å². The number of carbonyl (C=O) groups is 1. The minimum Gasteiger partial charge on any atom is -0.384 e. The molecule has 2 aromatic carbocycles. The minimum absolute atomic E-state index is 0.195. The lowest BCUT2D eigenvalue weighted by Gasteiger charge is -2.10. The van der Waals surface area contributed by atoms with Gasteiger partial charge in [-0.3, -0.25) is 9.78 Å². The molecule has 152 valence electrons. The highest BCUT2D eigenvalue weighted by Crippen LogP contribution is 2.29. The van der Waals surface area contributed by atoms with E-state index >= 15 is 0 Å². The second-order valence-electron chi connectivity index (χ2n) is 6.92. The Labute approximate surface area is 181 Å². The summed E-state index contributed by atoms with van der Waals surface area (Å²) in [5, 5.41) is 14.2. The van der Waals surface area contributed by atoms with E-state index in [2.05, 4.69) is 15.6 Å². The van der Waals surface area contributed by atoms with Gasteiger partial charge in [0.1, 0.15) is 0 Å². The zero-order chi connectivity index (χ0) is 21.5. The van der Waals surface area contributed by atoms with Gasteiger partial charge < -0.3 is 16.0 Å². The normalized spacial score (nSPS) is 11.1. The molecule has 3 aromatic rings. The number of anilines is 1. The number of amides is 1. The number of pyridine rings is 1. The van der Waals surface area contributed by atoms with Crippen LogP contribution in [-0.4, -0.2) is 16.6 Å². The first-order chi connectivity index (χ1) is 14.4. The Bertz CT molecular complexity index is 1080. The highest BCUT2D eigenvalue weighted by Gasteiger charge is 2.10. The highest BCUT2D eigenvalue weighted by atomic mass is 35.5. The van der Waals surface area contributed by atoms with Gasteiger partial charge in [0.25, 0.3) is 5.91 Å². The van der Waals surface area contributed by atoms with Crippen LogP contribution in [0.2, 0.25) is 5.02 Å². The highest BCUT2D eigenvalue weighted by molar-refractivity contribution is 6.33. The van der Waals surface area contributed by atoms with Crippen LogP contribution in [0.3, 0.4) is 0 Å². The standard InChI is InChI=1S/C24H23ClN4O/c1-16(26)13-17(2)28-15-18-6-8-19(9-7-18)24(30)29-20-10-11-22(25)21(14-20)23-5-3-4-12-27-23/h3-14,26,28H,15H2,1-2H3,(H,29,30)/b17-13-,26-16?. The first-order valence-electron chi connectivity index (χ1n) is 9.51. The summed E-state index contributed by atoms with van der Waals surface area (Å²) in [4.78, 5) is 17.0. The Morgan fingerprint density at radius 3 is 2.53 bits per heavy atom. The molecule has 0 spiro atoms. The van der Waals surface area contributed by atoms with Gasteiger partial charge in [0, 0.05) is 41.0 Å². The van der Waals surface area contributed by atoms with Gasteiger partial charge in [-0.15, -0.1) is 0 Å². The summed E-state index contributed by atoms with van der Waals surface area (Å²) in [6, 6.07) is 18.4. The molecule has 0 aliphatic carbocycles. The van der Waals surface area contributed by atoms with E-state index in [1.807, 2.05) is 43.3 Å². The summed E-state index contributed by atoms with van der Waals surface area (Å²) < 4.78 is 0. The molecule has 0 aliphatic heterocycles. The topological polar surface area (TPSA) is 77.9 Å². The van der Waals surface area contributed by atoms with Crippen LogP contribution >= 0.6 is 11.6 Å². The molecule has 3 rings (SSSR count). The van der Waals surface area contributed by atoms with Gasteiger partial charge in [-0.05, 0) is 68.0 Å². The lowest BCUT2D eigenvalue weighted by molar-refractivity contribution is 0.102.